The van der Waals surface area contributed by atoms with Gasteiger partial charge in [0.15, 0.2) is 0 Å². The number of hydrogen-bond donors (Lipinski definition) is 1. The summed E-state index contributed by atoms with van der Waals surface area (Å²) in [7, 11) is 0. The summed E-state index contributed by atoms with van der Waals surface area (Å²) in [6, 6.07) is 9.97. The molecule has 0 saturated carbocycles. The molecule has 0 radical (unpaired) electrons. The van der Waals surface area contributed by atoms with Crippen LogP contribution in [-0.2, 0) is 6.42 Å². The van der Waals surface area contributed by atoms with E-state index in [1.807, 2.05) is 28.9 Å². The Morgan fingerprint density at radius 2 is 2.33 bits per heavy atom. The Hall–Kier alpha value is -2.35. The van der Waals surface area contributed by atoms with Crippen LogP contribution in [0.15, 0.2) is 24.3 Å². The quantitative estimate of drug-likeness (QED) is 0.820. The van der Waals surface area contributed by atoms with E-state index in [1.54, 1.807) is 0 Å². The van der Waals surface area contributed by atoms with E-state index in [-0.39, 0.29) is 6.04 Å². The highest BCUT2D eigenvalue weighted by Gasteiger charge is 2.24. The van der Waals surface area contributed by atoms with Gasteiger partial charge in [0, 0.05) is 6.42 Å². The van der Waals surface area contributed by atoms with Crippen LogP contribution >= 0.6 is 0 Å². The molecule has 1 aliphatic rings. The molecule has 2 heterocycles. The summed E-state index contributed by atoms with van der Waals surface area (Å²) in [6.45, 7) is 0. The second-order valence-corrected chi connectivity index (χ2v) is 4.48. The average molecular weight is 239 g/mol. The number of anilines is 1. The Morgan fingerprint density at radius 3 is 3.17 bits per heavy atom. The maximum Gasteiger partial charge on any atom is 0.239 e. The van der Waals surface area contributed by atoms with E-state index in [2.05, 4.69) is 16.2 Å². The number of nitrogens with zero attached hydrogens (tertiary/aromatic N) is 4. The molecule has 1 aromatic carbocycles. The third-order valence-electron chi connectivity index (χ3n) is 3.29. The van der Waals surface area contributed by atoms with E-state index in [9.17, 15) is 0 Å². The molecule has 5 heteroatoms. The van der Waals surface area contributed by atoms with Crippen LogP contribution in [-0.4, -0.2) is 14.8 Å². The second-order valence-electron chi connectivity index (χ2n) is 4.48. The van der Waals surface area contributed by atoms with Gasteiger partial charge in [-0.05, 0) is 30.5 Å². The molecule has 1 atom stereocenters. The van der Waals surface area contributed by atoms with Gasteiger partial charge in [0.05, 0.1) is 17.7 Å². The topological polar surface area (TPSA) is 80.5 Å². The van der Waals surface area contributed by atoms with Crippen molar-refractivity contribution in [2.24, 2.45) is 0 Å². The minimum absolute atomic E-state index is 0.145. The van der Waals surface area contributed by atoms with E-state index in [4.69, 9.17) is 11.0 Å². The summed E-state index contributed by atoms with van der Waals surface area (Å²) in [4.78, 5) is 4.23. The SMILES string of the molecule is N#Cc1cccc(C2CCCc3nc(N)nn32)c1. The van der Waals surface area contributed by atoms with Crippen molar-refractivity contribution in [1.29, 1.82) is 5.26 Å². The van der Waals surface area contributed by atoms with Crippen molar-refractivity contribution in [1.82, 2.24) is 14.8 Å². The molecule has 0 saturated heterocycles. The number of nitrogens with two attached hydrogens (primary N) is 1. The van der Waals surface area contributed by atoms with E-state index in [0.29, 0.717) is 11.5 Å². The summed E-state index contributed by atoms with van der Waals surface area (Å²) in [5.41, 5.74) is 7.43. The molecule has 2 aromatic rings. The van der Waals surface area contributed by atoms with Crippen LogP contribution in [0, 0.1) is 11.3 Å². The predicted molar refractivity (Wildman–Crippen MR) is 66.7 cm³/mol. The van der Waals surface area contributed by atoms with Gasteiger partial charge in [-0.25, -0.2) is 4.68 Å². The number of aryl methyl sites for hydroxylation is 1. The molecule has 90 valence electrons. The molecule has 1 aromatic heterocycles. The normalized spacial score (nSPS) is 18.1. The van der Waals surface area contributed by atoms with Gasteiger partial charge in [0.1, 0.15) is 5.82 Å². The minimum atomic E-state index is 0.145. The first-order valence-electron chi connectivity index (χ1n) is 5.99. The molecule has 0 aliphatic carbocycles. The Bertz CT molecular complexity index is 623. The van der Waals surface area contributed by atoms with E-state index >= 15 is 0 Å². The molecule has 2 N–H and O–H groups in total. The first-order chi connectivity index (χ1) is 8.78. The van der Waals surface area contributed by atoms with Gasteiger partial charge >= 0.3 is 0 Å². The van der Waals surface area contributed by atoms with Gasteiger partial charge in [-0.1, -0.05) is 12.1 Å². The number of rotatable bonds is 1. The number of fused-ring (bicyclic) bond motifs is 1. The van der Waals surface area contributed by atoms with Gasteiger partial charge in [-0.15, -0.1) is 5.10 Å². The highest BCUT2D eigenvalue weighted by Crippen LogP contribution is 2.30. The third-order valence-corrected chi connectivity index (χ3v) is 3.29. The van der Waals surface area contributed by atoms with Gasteiger partial charge < -0.3 is 5.73 Å². The van der Waals surface area contributed by atoms with Crippen LogP contribution in [0.2, 0.25) is 0 Å². The van der Waals surface area contributed by atoms with Gasteiger partial charge in [-0.3, -0.25) is 0 Å². The smallest absolute Gasteiger partial charge is 0.239 e. The molecule has 0 amide bonds. The van der Waals surface area contributed by atoms with Crippen molar-refractivity contribution >= 4 is 5.95 Å². The lowest BCUT2D eigenvalue weighted by Gasteiger charge is -2.23. The largest absolute Gasteiger partial charge is 0.366 e. The zero-order valence-corrected chi connectivity index (χ0v) is 9.87. The molecule has 1 aliphatic heterocycles. The number of nitriles is 1. The van der Waals surface area contributed by atoms with Gasteiger partial charge in [0.25, 0.3) is 0 Å². The first kappa shape index (κ1) is 10.8. The van der Waals surface area contributed by atoms with Crippen LogP contribution in [0.1, 0.15) is 35.8 Å². The lowest BCUT2D eigenvalue weighted by Crippen LogP contribution is -2.20. The standard InChI is InChI=1S/C13H13N5/c14-8-9-3-1-4-10(7-9)11-5-2-6-12-16-13(15)17-18(11)12/h1,3-4,7,11H,2,5-6H2,(H2,15,17). The highest BCUT2D eigenvalue weighted by molar-refractivity contribution is 5.35. The number of nitrogen functional groups attached to an aromatic ring is 1. The molecule has 0 bridgehead atoms. The van der Waals surface area contributed by atoms with E-state index in [1.165, 1.54) is 0 Å². The number of hydrogen-bond acceptors (Lipinski definition) is 4. The van der Waals surface area contributed by atoms with Crippen molar-refractivity contribution in [3.63, 3.8) is 0 Å². The maximum absolute atomic E-state index is 8.96. The van der Waals surface area contributed by atoms with Crippen molar-refractivity contribution < 1.29 is 0 Å². The summed E-state index contributed by atoms with van der Waals surface area (Å²) < 4.78 is 1.90. The third kappa shape index (κ3) is 1.72. The van der Waals surface area contributed by atoms with Gasteiger partial charge in [-0.2, -0.15) is 10.2 Å². The zero-order valence-electron chi connectivity index (χ0n) is 9.87. The zero-order chi connectivity index (χ0) is 12.5. The molecule has 5 nitrogen and oxygen atoms in total. The molecular weight excluding hydrogens is 226 g/mol. The van der Waals surface area contributed by atoms with Gasteiger partial charge in [0.2, 0.25) is 5.95 Å². The second kappa shape index (κ2) is 4.15. The lowest BCUT2D eigenvalue weighted by molar-refractivity contribution is 0.412. The fourth-order valence-corrected chi connectivity index (χ4v) is 2.49. The van der Waals surface area contributed by atoms with E-state index < -0.39 is 0 Å². The van der Waals surface area contributed by atoms with Crippen molar-refractivity contribution in [3.8, 4) is 6.07 Å². The number of aromatic nitrogens is 3. The fraction of sp³-hybridized carbons (Fsp3) is 0.308. The number of benzene rings is 1. The first-order valence-corrected chi connectivity index (χ1v) is 5.99. The van der Waals surface area contributed by atoms with Crippen molar-refractivity contribution in [2.75, 3.05) is 5.73 Å². The summed E-state index contributed by atoms with van der Waals surface area (Å²) in [6.07, 6.45) is 2.99. The van der Waals surface area contributed by atoms with Crippen molar-refractivity contribution in [2.45, 2.75) is 25.3 Å². The monoisotopic (exact) mass is 239 g/mol. The van der Waals surface area contributed by atoms with Crippen LogP contribution in [0.5, 0.6) is 0 Å². The molecule has 0 spiro atoms. The molecule has 1 unspecified atom stereocenters. The van der Waals surface area contributed by atoms with Crippen molar-refractivity contribution in [3.05, 3.63) is 41.2 Å². The van der Waals surface area contributed by atoms with E-state index in [0.717, 1.165) is 30.7 Å². The Morgan fingerprint density at radius 1 is 1.44 bits per heavy atom. The maximum atomic E-state index is 8.96. The van der Waals surface area contributed by atoms with Crippen LogP contribution in [0.3, 0.4) is 0 Å². The Kier molecular flexibility index (Phi) is 2.49. The Labute approximate surface area is 105 Å². The Balaban J connectivity index is 2.05. The average Bonchev–Trinajstić information content (AvgIpc) is 2.78. The molecule has 3 rings (SSSR count). The van der Waals surface area contributed by atoms with Crippen LogP contribution in [0.4, 0.5) is 5.95 Å². The van der Waals surface area contributed by atoms with Crippen LogP contribution < -0.4 is 5.73 Å². The molecule has 0 fully saturated rings. The summed E-state index contributed by atoms with van der Waals surface area (Å²) in [5, 5.41) is 13.2. The van der Waals surface area contributed by atoms with Crippen LogP contribution in [0.25, 0.3) is 0 Å². The minimum Gasteiger partial charge on any atom is -0.366 e. The summed E-state index contributed by atoms with van der Waals surface area (Å²) in [5.74, 6) is 1.26. The highest BCUT2D eigenvalue weighted by atomic mass is 15.4. The fourth-order valence-electron chi connectivity index (χ4n) is 2.49. The summed E-state index contributed by atoms with van der Waals surface area (Å²) >= 11 is 0. The lowest BCUT2D eigenvalue weighted by atomic mass is 9.96. The predicted octanol–water partition coefficient (Wildman–Crippen LogP) is 1.66. The molecular formula is C13H13N5. The molecule has 18 heavy (non-hydrogen) atoms.